The molecule has 4 nitrogen and oxygen atoms in total. The van der Waals surface area contributed by atoms with E-state index < -0.39 is 0 Å². The van der Waals surface area contributed by atoms with Crippen molar-refractivity contribution in [3.8, 4) is 5.75 Å². The van der Waals surface area contributed by atoms with Crippen molar-refractivity contribution in [3.63, 3.8) is 0 Å². The van der Waals surface area contributed by atoms with Crippen molar-refractivity contribution in [2.24, 2.45) is 0 Å². The molecule has 0 spiro atoms. The molecule has 2 N–H and O–H groups in total. The minimum atomic E-state index is -0.202. The van der Waals surface area contributed by atoms with Gasteiger partial charge in [-0.3, -0.25) is 4.79 Å². The van der Waals surface area contributed by atoms with E-state index in [1.54, 1.807) is 7.11 Å². The molecule has 31 heavy (non-hydrogen) atoms. The SMILES string of the molecule is COC(C)CCCCCCCCCC(=O)Nc1cc(C(C)(C)C)cc(C(C)(C)C)c1O. The summed E-state index contributed by atoms with van der Waals surface area (Å²) in [4.78, 5) is 12.5. The van der Waals surface area contributed by atoms with Crippen molar-refractivity contribution in [1.82, 2.24) is 0 Å². The Bertz CT molecular complexity index is 683. The lowest BCUT2D eigenvalue weighted by Gasteiger charge is -2.27. The van der Waals surface area contributed by atoms with Crippen LogP contribution in [0.2, 0.25) is 0 Å². The van der Waals surface area contributed by atoms with Gasteiger partial charge in [0.1, 0.15) is 5.75 Å². The van der Waals surface area contributed by atoms with E-state index in [4.69, 9.17) is 4.74 Å². The van der Waals surface area contributed by atoms with Crippen LogP contribution in [0.25, 0.3) is 0 Å². The van der Waals surface area contributed by atoms with Crippen LogP contribution in [0.3, 0.4) is 0 Å². The minimum absolute atomic E-state index is 0.0187. The molecule has 0 aromatic heterocycles. The van der Waals surface area contributed by atoms with E-state index in [-0.39, 0.29) is 22.5 Å². The first-order valence-corrected chi connectivity index (χ1v) is 12.1. The van der Waals surface area contributed by atoms with Gasteiger partial charge < -0.3 is 15.2 Å². The second-order valence-electron chi connectivity index (χ2n) is 11.0. The zero-order valence-corrected chi connectivity index (χ0v) is 21.4. The maximum atomic E-state index is 12.5. The van der Waals surface area contributed by atoms with Crippen molar-refractivity contribution in [3.05, 3.63) is 23.3 Å². The number of aromatic hydroxyl groups is 1. The van der Waals surface area contributed by atoms with Crippen molar-refractivity contribution in [2.45, 2.75) is 123 Å². The Labute approximate surface area is 191 Å². The zero-order valence-electron chi connectivity index (χ0n) is 21.4. The first kappa shape index (κ1) is 27.5. The summed E-state index contributed by atoms with van der Waals surface area (Å²) in [6.45, 7) is 14.8. The number of ether oxygens (including phenoxy) is 1. The Hall–Kier alpha value is -1.55. The highest BCUT2D eigenvalue weighted by Crippen LogP contribution is 2.40. The van der Waals surface area contributed by atoms with Crippen LogP contribution in [0.1, 0.15) is 117 Å². The fraction of sp³-hybridized carbons (Fsp3) is 0.741. The number of hydrogen-bond donors (Lipinski definition) is 2. The summed E-state index contributed by atoms with van der Waals surface area (Å²) < 4.78 is 5.27. The third-order valence-electron chi connectivity index (χ3n) is 5.97. The fourth-order valence-electron chi connectivity index (χ4n) is 3.67. The number of hydrogen-bond acceptors (Lipinski definition) is 3. The van der Waals surface area contributed by atoms with E-state index >= 15 is 0 Å². The molecular weight excluding hydrogens is 386 g/mol. The van der Waals surface area contributed by atoms with Crippen molar-refractivity contribution >= 4 is 11.6 Å². The Morgan fingerprint density at radius 2 is 1.48 bits per heavy atom. The summed E-state index contributed by atoms with van der Waals surface area (Å²) >= 11 is 0. The van der Waals surface area contributed by atoms with Gasteiger partial charge in [0.15, 0.2) is 0 Å². The number of benzene rings is 1. The summed E-state index contributed by atoms with van der Waals surface area (Å²) in [6.07, 6.45) is 10.1. The molecule has 0 radical (unpaired) electrons. The van der Waals surface area contributed by atoms with Crippen molar-refractivity contribution in [2.75, 3.05) is 12.4 Å². The quantitative estimate of drug-likeness (QED) is 0.265. The maximum absolute atomic E-state index is 12.5. The van der Waals surface area contributed by atoms with Crippen LogP contribution in [0.4, 0.5) is 5.69 Å². The van der Waals surface area contributed by atoms with Gasteiger partial charge in [-0.05, 0) is 42.2 Å². The summed E-state index contributed by atoms with van der Waals surface area (Å²) in [5.74, 6) is 0.173. The molecule has 0 heterocycles. The van der Waals surface area contributed by atoms with Gasteiger partial charge in [0.05, 0.1) is 11.8 Å². The molecule has 0 aliphatic heterocycles. The number of methoxy groups -OCH3 is 1. The fourth-order valence-corrected chi connectivity index (χ4v) is 3.67. The monoisotopic (exact) mass is 433 g/mol. The maximum Gasteiger partial charge on any atom is 0.224 e. The lowest BCUT2D eigenvalue weighted by atomic mass is 9.79. The van der Waals surface area contributed by atoms with Gasteiger partial charge in [-0.25, -0.2) is 0 Å². The number of phenolic OH excluding ortho intramolecular Hbond substituents is 1. The molecule has 0 aliphatic carbocycles. The molecule has 1 aromatic carbocycles. The number of amides is 1. The van der Waals surface area contributed by atoms with E-state index in [2.05, 4.69) is 59.8 Å². The molecule has 1 unspecified atom stereocenters. The number of carbonyl (C=O) groups is 1. The van der Waals surface area contributed by atoms with Crippen LogP contribution in [-0.2, 0) is 20.4 Å². The summed E-state index contributed by atoms with van der Waals surface area (Å²) in [5, 5.41) is 13.8. The molecule has 0 fully saturated rings. The van der Waals surface area contributed by atoms with Crippen LogP contribution in [0.15, 0.2) is 12.1 Å². The molecular formula is C27H47NO3. The second-order valence-corrected chi connectivity index (χ2v) is 11.0. The first-order valence-electron chi connectivity index (χ1n) is 12.1. The Morgan fingerprint density at radius 1 is 0.935 bits per heavy atom. The molecule has 4 heteroatoms. The van der Waals surface area contributed by atoms with Crippen LogP contribution < -0.4 is 5.32 Å². The van der Waals surface area contributed by atoms with Crippen molar-refractivity contribution < 1.29 is 14.6 Å². The molecule has 1 rings (SSSR count). The number of rotatable bonds is 12. The zero-order chi connectivity index (χ0) is 23.7. The normalized spacial score (nSPS) is 13.3. The molecule has 0 saturated carbocycles. The number of unbranched alkanes of at least 4 members (excludes halogenated alkanes) is 6. The smallest absolute Gasteiger partial charge is 0.224 e. The number of anilines is 1. The van der Waals surface area contributed by atoms with Crippen LogP contribution in [-0.4, -0.2) is 24.2 Å². The van der Waals surface area contributed by atoms with E-state index in [9.17, 15) is 9.90 Å². The lowest BCUT2D eigenvalue weighted by molar-refractivity contribution is -0.116. The average Bonchev–Trinajstić information content (AvgIpc) is 2.66. The van der Waals surface area contributed by atoms with E-state index in [0.717, 1.165) is 30.4 Å². The van der Waals surface area contributed by atoms with E-state index in [1.165, 1.54) is 32.1 Å². The van der Waals surface area contributed by atoms with Gasteiger partial charge in [-0.2, -0.15) is 0 Å². The predicted molar refractivity (Wildman–Crippen MR) is 132 cm³/mol. The minimum Gasteiger partial charge on any atom is -0.505 e. The molecule has 0 saturated heterocycles. The third kappa shape index (κ3) is 10.1. The highest BCUT2D eigenvalue weighted by Gasteiger charge is 2.25. The number of carbonyl (C=O) groups excluding carboxylic acids is 1. The Balaban J connectivity index is 2.50. The van der Waals surface area contributed by atoms with Gasteiger partial charge in [0, 0.05) is 19.1 Å². The molecule has 1 amide bonds. The third-order valence-corrected chi connectivity index (χ3v) is 5.97. The molecule has 1 atom stereocenters. The highest BCUT2D eigenvalue weighted by molar-refractivity contribution is 5.92. The van der Waals surface area contributed by atoms with Gasteiger partial charge >= 0.3 is 0 Å². The molecule has 0 bridgehead atoms. The van der Waals surface area contributed by atoms with E-state index in [1.807, 2.05) is 6.07 Å². The van der Waals surface area contributed by atoms with E-state index in [0.29, 0.717) is 18.2 Å². The second kappa shape index (κ2) is 12.5. The van der Waals surface area contributed by atoms with Crippen LogP contribution in [0, 0.1) is 0 Å². The van der Waals surface area contributed by atoms with Gasteiger partial charge in [-0.1, -0.05) is 86.1 Å². The number of phenols is 1. The largest absolute Gasteiger partial charge is 0.505 e. The van der Waals surface area contributed by atoms with Crippen molar-refractivity contribution in [1.29, 1.82) is 0 Å². The lowest BCUT2D eigenvalue weighted by Crippen LogP contribution is -2.19. The Morgan fingerprint density at radius 3 is 2.00 bits per heavy atom. The Kier molecular flexibility index (Phi) is 11.1. The van der Waals surface area contributed by atoms with Crippen LogP contribution >= 0.6 is 0 Å². The summed E-state index contributed by atoms with van der Waals surface area (Å²) in [7, 11) is 1.77. The van der Waals surface area contributed by atoms with Gasteiger partial charge in [0.25, 0.3) is 0 Å². The predicted octanol–water partition coefficient (Wildman–Crippen LogP) is 7.47. The van der Waals surface area contributed by atoms with Gasteiger partial charge in [-0.15, -0.1) is 0 Å². The highest BCUT2D eigenvalue weighted by atomic mass is 16.5. The topological polar surface area (TPSA) is 58.6 Å². The molecule has 178 valence electrons. The number of nitrogens with one attached hydrogen (secondary N) is 1. The van der Waals surface area contributed by atoms with Crippen LogP contribution in [0.5, 0.6) is 5.75 Å². The summed E-state index contributed by atoms with van der Waals surface area (Å²) in [5.41, 5.74) is 2.26. The summed E-state index contributed by atoms with van der Waals surface area (Å²) in [6, 6.07) is 3.99. The molecule has 1 aromatic rings. The average molecular weight is 434 g/mol. The molecule has 0 aliphatic rings. The van der Waals surface area contributed by atoms with Gasteiger partial charge in [0.2, 0.25) is 5.91 Å². The standard InChI is InChI=1S/C27H47NO3/c1-20(31-8)16-14-12-10-9-11-13-15-17-24(29)28-23-19-21(26(2,3)4)18-22(25(23)30)27(5,6)7/h18-20,30H,9-17H2,1-8H3,(H,28,29). The first-order chi connectivity index (χ1) is 14.4.